The van der Waals surface area contributed by atoms with Gasteiger partial charge in [-0.1, -0.05) is 22.0 Å². The highest BCUT2D eigenvalue weighted by Gasteiger charge is 2.06. The van der Waals surface area contributed by atoms with Gasteiger partial charge >= 0.3 is 0 Å². The standard InChI is InChI=1S/C13H14BrNO2/c1-16-9-11-12(14)3-2-4-13(11)15-7-10-5-6-17-8-10/h2-6,8,15H,7,9H2,1H3. The number of hydrogen-bond donors (Lipinski definition) is 1. The van der Waals surface area contributed by atoms with Crippen LogP contribution in [0.25, 0.3) is 0 Å². The van der Waals surface area contributed by atoms with E-state index in [9.17, 15) is 0 Å². The van der Waals surface area contributed by atoms with Crippen LogP contribution in [-0.2, 0) is 17.9 Å². The van der Waals surface area contributed by atoms with Gasteiger partial charge in [0.1, 0.15) is 0 Å². The predicted molar refractivity (Wildman–Crippen MR) is 70.9 cm³/mol. The molecule has 1 heterocycles. The van der Waals surface area contributed by atoms with Gasteiger partial charge in [-0.2, -0.15) is 0 Å². The molecule has 1 aromatic carbocycles. The van der Waals surface area contributed by atoms with Crippen molar-refractivity contribution in [1.29, 1.82) is 0 Å². The van der Waals surface area contributed by atoms with Gasteiger partial charge in [0.05, 0.1) is 19.1 Å². The zero-order valence-corrected chi connectivity index (χ0v) is 11.2. The molecule has 0 aliphatic carbocycles. The third-order valence-electron chi connectivity index (χ3n) is 2.47. The van der Waals surface area contributed by atoms with Crippen LogP contribution in [0.5, 0.6) is 0 Å². The third-order valence-corrected chi connectivity index (χ3v) is 3.21. The van der Waals surface area contributed by atoms with E-state index in [4.69, 9.17) is 9.15 Å². The number of furan rings is 1. The van der Waals surface area contributed by atoms with Crippen LogP contribution in [-0.4, -0.2) is 7.11 Å². The molecule has 2 rings (SSSR count). The lowest BCUT2D eigenvalue weighted by Crippen LogP contribution is -2.03. The van der Waals surface area contributed by atoms with Crippen molar-refractivity contribution in [3.05, 3.63) is 52.4 Å². The number of benzene rings is 1. The van der Waals surface area contributed by atoms with Gasteiger partial charge in [-0.05, 0) is 18.2 Å². The van der Waals surface area contributed by atoms with Crippen LogP contribution in [0.15, 0.2) is 45.7 Å². The molecule has 0 aliphatic heterocycles. The van der Waals surface area contributed by atoms with E-state index in [2.05, 4.69) is 21.2 Å². The molecule has 2 aromatic rings. The summed E-state index contributed by atoms with van der Waals surface area (Å²) in [6, 6.07) is 8.00. The van der Waals surface area contributed by atoms with Crippen LogP contribution in [0, 0.1) is 0 Å². The van der Waals surface area contributed by atoms with Crippen molar-refractivity contribution in [3.63, 3.8) is 0 Å². The fraction of sp³-hybridized carbons (Fsp3) is 0.231. The number of halogens is 1. The highest BCUT2D eigenvalue weighted by molar-refractivity contribution is 9.10. The number of ether oxygens (including phenoxy) is 1. The monoisotopic (exact) mass is 295 g/mol. The van der Waals surface area contributed by atoms with Crippen LogP contribution in [0.2, 0.25) is 0 Å². The molecule has 17 heavy (non-hydrogen) atoms. The molecule has 0 saturated heterocycles. The fourth-order valence-electron chi connectivity index (χ4n) is 1.61. The van der Waals surface area contributed by atoms with E-state index in [1.54, 1.807) is 19.6 Å². The topological polar surface area (TPSA) is 34.4 Å². The van der Waals surface area contributed by atoms with Crippen LogP contribution >= 0.6 is 15.9 Å². The van der Waals surface area contributed by atoms with Crippen LogP contribution < -0.4 is 5.32 Å². The summed E-state index contributed by atoms with van der Waals surface area (Å²) in [6.45, 7) is 1.32. The Morgan fingerprint density at radius 3 is 2.94 bits per heavy atom. The number of hydrogen-bond acceptors (Lipinski definition) is 3. The van der Waals surface area contributed by atoms with Gasteiger partial charge in [0.15, 0.2) is 0 Å². The molecule has 4 heteroatoms. The first kappa shape index (κ1) is 12.2. The molecule has 90 valence electrons. The number of nitrogens with one attached hydrogen (secondary N) is 1. The van der Waals surface area contributed by atoms with Gasteiger partial charge in [0.25, 0.3) is 0 Å². The minimum Gasteiger partial charge on any atom is -0.472 e. The van der Waals surface area contributed by atoms with Crippen molar-refractivity contribution in [2.45, 2.75) is 13.2 Å². The second kappa shape index (κ2) is 5.89. The lowest BCUT2D eigenvalue weighted by Gasteiger charge is -2.12. The summed E-state index contributed by atoms with van der Waals surface area (Å²) in [4.78, 5) is 0. The Morgan fingerprint density at radius 1 is 1.35 bits per heavy atom. The zero-order chi connectivity index (χ0) is 12.1. The summed E-state index contributed by atoms with van der Waals surface area (Å²) < 4.78 is 11.3. The summed E-state index contributed by atoms with van der Waals surface area (Å²) in [5.41, 5.74) is 3.31. The van der Waals surface area contributed by atoms with Crippen molar-refractivity contribution in [1.82, 2.24) is 0 Å². The first-order valence-corrected chi connectivity index (χ1v) is 6.12. The third kappa shape index (κ3) is 3.11. The average molecular weight is 296 g/mol. The van der Waals surface area contributed by atoms with E-state index < -0.39 is 0 Å². The van der Waals surface area contributed by atoms with Crippen LogP contribution in [0.1, 0.15) is 11.1 Å². The zero-order valence-electron chi connectivity index (χ0n) is 9.57. The van der Waals surface area contributed by atoms with Gasteiger partial charge in [0, 0.05) is 34.9 Å². The molecule has 3 nitrogen and oxygen atoms in total. The molecule has 0 radical (unpaired) electrons. The molecule has 0 fully saturated rings. The lowest BCUT2D eigenvalue weighted by molar-refractivity contribution is 0.185. The summed E-state index contributed by atoms with van der Waals surface area (Å²) in [5, 5.41) is 3.37. The summed E-state index contributed by atoms with van der Waals surface area (Å²) in [6.07, 6.45) is 3.41. The molecule has 1 aromatic heterocycles. The van der Waals surface area contributed by atoms with E-state index in [1.165, 1.54) is 0 Å². The minimum absolute atomic E-state index is 0.579. The second-order valence-corrected chi connectivity index (χ2v) is 4.54. The largest absolute Gasteiger partial charge is 0.472 e. The Balaban J connectivity index is 2.11. The smallest absolute Gasteiger partial charge is 0.0952 e. The summed E-state index contributed by atoms with van der Waals surface area (Å²) in [5.74, 6) is 0. The van der Waals surface area contributed by atoms with E-state index in [0.29, 0.717) is 6.61 Å². The molecule has 0 bridgehead atoms. The van der Waals surface area contributed by atoms with Crippen molar-refractivity contribution in [2.75, 3.05) is 12.4 Å². The SMILES string of the molecule is COCc1c(Br)cccc1NCc1ccoc1. The van der Waals surface area contributed by atoms with E-state index >= 15 is 0 Å². The molecule has 0 amide bonds. The molecule has 0 unspecified atom stereocenters. The lowest BCUT2D eigenvalue weighted by atomic mass is 10.2. The Bertz CT molecular complexity index is 468. The highest BCUT2D eigenvalue weighted by Crippen LogP contribution is 2.26. The first-order chi connectivity index (χ1) is 8.31. The number of rotatable bonds is 5. The van der Waals surface area contributed by atoms with E-state index in [0.717, 1.165) is 27.8 Å². The first-order valence-electron chi connectivity index (χ1n) is 5.32. The van der Waals surface area contributed by atoms with Crippen molar-refractivity contribution in [3.8, 4) is 0 Å². The molecule has 0 atom stereocenters. The molecule has 1 N–H and O–H groups in total. The van der Waals surface area contributed by atoms with Crippen LogP contribution in [0.4, 0.5) is 5.69 Å². The average Bonchev–Trinajstić information content (AvgIpc) is 2.83. The maximum absolute atomic E-state index is 5.20. The van der Waals surface area contributed by atoms with Gasteiger partial charge in [-0.3, -0.25) is 0 Å². The normalized spacial score (nSPS) is 10.5. The Morgan fingerprint density at radius 2 is 2.24 bits per heavy atom. The van der Waals surface area contributed by atoms with Gasteiger partial charge < -0.3 is 14.5 Å². The molecule has 0 saturated carbocycles. The van der Waals surface area contributed by atoms with E-state index in [1.807, 2.05) is 24.3 Å². The Hall–Kier alpha value is -1.26. The second-order valence-electron chi connectivity index (χ2n) is 3.68. The maximum atomic E-state index is 5.20. The highest BCUT2D eigenvalue weighted by atomic mass is 79.9. The van der Waals surface area contributed by atoms with E-state index in [-0.39, 0.29) is 0 Å². The van der Waals surface area contributed by atoms with Crippen LogP contribution in [0.3, 0.4) is 0 Å². The van der Waals surface area contributed by atoms with Crippen molar-refractivity contribution >= 4 is 21.6 Å². The van der Waals surface area contributed by atoms with Gasteiger partial charge in [0.2, 0.25) is 0 Å². The fourth-order valence-corrected chi connectivity index (χ4v) is 2.09. The molecular formula is C13H14BrNO2. The van der Waals surface area contributed by atoms with Gasteiger partial charge in [-0.15, -0.1) is 0 Å². The molecule has 0 aliphatic rings. The summed E-state index contributed by atoms with van der Waals surface area (Å²) >= 11 is 3.53. The maximum Gasteiger partial charge on any atom is 0.0952 e. The minimum atomic E-state index is 0.579. The quantitative estimate of drug-likeness (QED) is 0.911. The number of anilines is 1. The summed E-state index contributed by atoms with van der Waals surface area (Å²) in [7, 11) is 1.69. The Labute approximate surface area is 109 Å². The van der Waals surface area contributed by atoms with Crippen molar-refractivity contribution < 1.29 is 9.15 Å². The predicted octanol–water partition coefficient (Wildman–Crippen LogP) is 3.80. The molecule has 0 spiro atoms. The number of methoxy groups -OCH3 is 1. The Kier molecular flexibility index (Phi) is 4.23. The molecular weight excluding hydrogens is 282 g/mol. The van der Waals surface area contributed by atoms with Gasteiger partial charge in [-0.25, -0.2) is 0 Å². The van der Waals surface area contributed by atoms with Crippen molar-refractivity contribution in [2.24, 2.45) is 0 Å².